The van der Waals surface area contributed by atoms with E-state index in [9.17, 15) is 0 Å². The van der Waals surface area contributed by atoms with E-state index in [-0.39, 0.29) is 6.10 Å². The fourth-order valence-corrected chi connectivity index (χ4v) is 1.46. The molecule has 1 aliphatic rings. The zero-order valence-electron chi connectivity index (χ0n) is 8.49. The summed E-state index contributed by atoms with van der Waals surface area (Å²) >= 11 is 0. The predicted octanol–water partition coefficient (Wildman–Crippen LogP) is 1.40. The van der Waals surface area contributed by atoms with Crippen molar-refractivity contribution >= 4 is 0 Å². The first-order chi connectivity index (χ1) is 6.27. The van der Waals surface area contributed by atoms with Gasteiger partial charge in [0.15, 0.2) is 0 Å². The Morgan fingerprint density at radius 2 is 2.31 bits per heavy atom. The van der Waals surface area contributed by atoms with E-state index >= 15 is 0 Å². The van der Waals surface area contributed by atoms with Crippen molar-refractivity contribution in [3.8, 4) is 6.07 Å². The van der Waals surface area contributed by atoms with E-state index < -0.39 is 0 Å². The maximum atomic E-state index is 8.50. The highest BCUT2D eigenvalue weighted by atomic mass is 16.5. The number of methoxy groups -OCH3 is 1. The monoisotopic (exact) mass is 182 g/mol. The van der Waals surface area contributed by atoms with Gasteiger partial charge in [-0.15, -0.1) is 0 Å². The Balaban J connectivity index is 2.25. The van der Waals surface area contributed by atoms with Gasteiger partial charge < -0.3 is 4.74 Å². The molecule has 0 radical (unpaired) electrons. The van der Waals surface area contributed by atoms with E-state index in [0.29, 0.717) is 6.42 Å². The highest BCUT2D eigenvalue weighted by Gasteiger charge is 2.29. The number of rotatable bonds is 6. The van der Waals surface area contributed by atoms with Crippen LogP contribution in [0.5, 0.6) is 0 Å². The van der Waals surface area contributed by atoms with Crippen molar-refractivity contribution in [1.29, 1.82) is 5.26 Å². The summed E-state index contributed by atoms with van der Waals surface area (Å²) in [6.07, 6.45) is 3.50. The number of hydrogen-bond donors (Lipinski definition) is 0. The largest absolute Gasteiger partial charge is 0.380 e. The summed E-state index contributed by atoms with van der Waals surface area (Å²) in [5.41, 5.74) is 0. The minimum atomic E-state index is 0.277. The van der Waals surface area contributed by atoms with Crippen LogP contribution >= 0.6 is 0 Å². The van der Waals surface area contributed by atoms with Crippen LogP contribution in [0.15, 0.2) is 0 Å². The molecule has 3 heteroatoms. The van der Waals surface area contributed by atoms with Crippen LogP contribution in [0.3, 0.4) is 0 Å². The average molecular weight is 182 g/mol. The second-order valence-electron chi connectivity index (χ2n) is 3.68. The number of ether oxygens (including phenoxy) is 1. The van der Waals surface area contributed by atoms with Crippen molar-refractivity contribution in [2.24, 2.45) is 0 Å². The number of nitriles is 1. The molecule has 0 aromatic carbocycles. The first-order valence-electron chi connectivity index (χ1n) is 4.91. The second-order valence-corrected chi connectivity index (χ2v) is 3.68. The molecule has 1 fully saturated rings. The van der Waals surface area contributed by atoms with Crippen LogP contribution in [-0.4, -0.2) is 37.2 Å². The first-order valence-corrected chi connectivity index (χ1v) is 4.91. The fraction of sp³-hybridized carbons (Fsp3) is 0.900. The van der Waals surface area contributed by atoms with Crippen molar-refractivity contribution < 1.29 is 4.74 Å². The smallest absolute Gasteiger partial charge is 0.0670 e. The molecule has 0 aliphatic heterocycles. The lowest BCUT2D eigenvalue weighted by atomic mass is 10.3. The molecule has 1 aliphatic carbocycles. The lowest BCUT2D eigenvalue weighted by molar-refractivity contribution is 0.0748. The molecule has 1 unspecified atom stereocenters. The van der Waals surface area contributed by atoms with Crippen LogP contribution in [0.1, 0.15) is 26.2 Å². The summed E-state index contributed by atoms with van der Waals surface area (Å²) in [6, 6.07) is 2.92. The van der Waals surface area contributed by atoms with Gasteiger partial charge >= 0.3 is 0 Å². The summed E-state index contributed by atoms with van der Waals surface area (Å²) < 4.78 is 5.21. The summed E-state index contributed by atoms with van der Waals surface area (Å²) in [6.45, 7) is 3.93. The van der Waals surface area contributed by atoms with E-state index in [1.807, 2.05) is 0 Å². The summed E-state index contributed by atoms with van der Waals surface area (Å²) in [5, 5.41) is 8.50. The van der Waals surface area contributed by atoms with Gasteiger partial charge in [-0.3, -0.25) is 4.90 Å². The minimum absolute atomic E-state index is 0.277. The Morgan fingerprint density at radius 3 is 2.77 bits per heavy atom. The van der Waals surface area contributed by atoms with Crippen LogP contribution in [0.25, 0.3) is 0 Å². The van der Waals surface area contributed by atoms with Crippen LogP contribution in [0.4, 0.5) is 0 Å². The van der Waals surface area contributed by atoms with Crippen LogP contribution in [-0.2, 0) is 4.74 Å². The van der Waals surface area contributed by atoms with Gasteiger partial charge in [-0.2, -0.15) is 5.26 Å². The van der Waals surface area contributed by atoms with Crippen LogP contribution in [0.2, 0.25) is 0 Å². The molecule has 0 heterocycles. The first kappa shape index (κ1) is 10.5. The van der Waals surface area contributed by atoms with E-state index in [4.69, 9.17) is 10.00 Å². The molecule has 74 valence electrons. The lowest BCUT2D eigenvalue weighted by Crippen LogP contribution is -2.34. The predicted molar refractivity (Wildman–Crippen MR) is 51.3 cm³/mol. The molecular weight excluding hydrogens is 164 g/mol. The van der Waals surface area contributed by atoms with E-state index in [1.165, 1.54) is 12.8 Å². The Hall–Kier alpha value is -0.590. The van der Waals surface area contributed by atoms with E-state index in [2.05, 4.69) is 17.9 Å². The highest BCUT2D eigenvalue weighted by molar-refractivity contribution is 4.87. The van der Waals surface area contributed by atoms with E-state index in [1.54, 1.807) is 7.11 Å². The number of nitrogens with zero attached hydrogens (tertiary/aromatic N) is 2. The second kappa shape index (κ2) is 5.21. The molecule has 13 heavy (non-hydrogen) atoms. The van der Waals surface area contributed by atoms with Crippen LogP contribution in [0, 0.1) is 11.3 Å². The summed E-state index contributed by atoms with van der Waals surface area (Å²) in [7, 11) is 1.74. The van der Waals surface area contributed by atoms with Gasteiger partial charge in [0.2, 0.25) is 0 Å². The lowest BCUT2D eigenvalue weighted by Gasteiger charge is -2.23. The van der Waals surface area contributed by atoms with Crippen molar-refractivity contribution in [1.82, 2.24) is 4.90 Å². The van der Waals surface area contributed by atoms with Gasteiger partial charge in [0.05, 0.1) is 12.2 Å². The molecule has 0 aromatic rings. The molecule has 0 bridgehead atoms. The molecule has 3 nitrogen and oxygen atoms in total. The zero-order chi connectivity index (χ0) is 9.68. The maximum Gasteiger partial charge on any atom is 0.0670 e. The Kier molecular flexibility index (Phi) is 4.20. The topological polar surface area (TPSA) is 36.3 Å². The quantitative estimate of drug-likeness (QED) is 0.623. The van der Waals surface area contributed by atoms with Crippen molar-refractivity contribution in [3.05, 3.63) is 0 Å². The molecule has 1 atom stereocenters. The minimum Gasteiger partial charge on any atom is -0.380 e. The van der Waals surface area contributed by atoms with Crippen LogP contribution < -0.4 is 0 Å². The van der Waals surface area contributed by atoms with E-state index in [0.717, 1.165) is 19.1 Å². The zero-order valence-corrected chi connectivity index (χ0v) is 8.49. The molecule has 0 spiro atoms. The van der Waals surface area contributed by atoms with Gasteiger partial charge in [-0.05, 0) is 19.8 Å². The molecule has 0 saturated heterocycles. The van der Waals surface area contributed by atoms with Gasteiger partial charge in [-0.1, -0.05) is 0 Å². The SMILES string of the molecule is COC(C)CN(CCC#N)C1CC1. The van der Waals surface area contributed by atoms with Crippen molar-refractivity contribution in [2.75, 3.05) is 20.2 Å². The summed E-state index contributed by atoms with van der Waals surface area (Å²) in [5.74, 6) is 0. The molecule has 1 rings (SSSR count). The Bertz CT molecular complexity index is 184. The average Bonchev–Trinajstić information content (AvgIpc) is 2.94. The number of hydrogen-bond acceptors (Lipinski definition) is 3. The summed E-state index contributed by atoms with van der Waals surface area (Å²) in [4.78, 5) is 2.37. The van der Waals surface area contributed by atoms with Gasteiger partial charge in [0, 0.05) is 32.7 Å². The van der Waals surface area contributed by atoms with Crippen molar-refractivity contribution in [2.45, 2.75) is 38.3 Å². The Labute approximate surface area is 80.3 Å². The Morgan fingerprint density at radius 1 is 1.62 bits per heavy atom. The van der Waals surface area contributed by atoms with Gasteiger partial charge in [0.25, 0.3) is 0 Å². The van der Waals surface area contributed by atoms with Gasteiger partial charge in [-0.25, -0.2) is 0 Å². The third-order valence-corrected chi connectivity index (χ3v) is 2.47. The molecule has 0 aromatic heterocycles. The molecule has 0 N–H and O–H groups in total. The molecule has 0 amide bonds. The third-order valence-electron chi connectivity index (χ3n) is 2.47. The maximum absolute atomic E-state index is 8.50. The normalized spacial score (nSPS) is 18.6. The van der Waals surface area contributed by atoms with Gasteiger partial charge in [0.1, 0.15) is 0 Å². The van der Waals surface area contributed by atoms with Crippen molar-refractivity contribution in [3.63, 3.8) is 0 Å². The molecular formula is C10H18N2O. The standard InChI is InChI=1S/C10H18N2O/c1-9(13-2)8-12(7-3-6-11)10-4-5-10/h9-10H,3-5,7-8H2,1-2H3. The third kappa shape index (κ3) is 3.75. The fourth-order valence-electron chi connectivity index (χ4n) is 1.46. The highest BCUT2D eigenvalue weighted by Crippen LogP contribution is 2.27. The molecule has 1 saturated carbocycles.